The Hall–Kier alpha value is -0.770. The van der Waals surface area contributed by atoms with Gasteiger partial charge in [0.1, 0.15) is 0 Å². The van der Waals surface area contributed by atoms with Gasteiger partial charge in [0.2, 0.25) is 0 Å². The average Bonchev–Trinajstić information content (AvgIpc) is 2.69. The zero-order valence-electron chi connectivity index (χ0n) is 8.26. The van der Waals surface area contributed by atoms with Gasteiger partial charge in [0, 0.05) is 4.90 Å². The maximum Gasteiger partial charge on any atom is 0.0877 e. The van der Waals surface area contributed by atoms with Crippen molar-refractivity contribution in [1.29, 1.82) is 0 Å². The van der Waals surface area contributed by atoms with Crippen molar-refractivity contribution in [2.75, 3.05) is 0 Å². The van der Waals surface area contributed by atoms with Crippen LogP contribution in [-0.4, -0.2) is 0 Å². The molecule has 1 aliphatic heterocycles. The molecule has 1 nitrogen and oxygen atoms in total. The van der Waals surface area contributed by atoms with Gasteiger partial charge in [-0.3, -0.25) is 0 Å². The summed E-state index contributed by atoms with van der Waals surface area (Å²) in [5.74, 6) is 0. The van der Waals surface area contributed by atoms with E-state index in [9.17, 15) is 0 Å². The molecule has 0 amide bonds. The van der Waals surface area contributed by atoms with E-state index < -0.39 is 8.94 Å². The van der Waals surface area contributed by atoms with Crippen LogP contribution in [0.3, 0.4) is 0 Å². The van der Waals surface area contributed by atoms with Crippen LogP contribution >= 0.6 is 21.5 Å². The molecule has 80 valence electrons. The van der Waals surface area contributed by atoms with Crippen molar-refractivity contribution in [3.8, 4) is 11.1 Å². The fourth-order valence-corrected chi connectivity index (χ4v) is 4.56. The molecule has 0 aliphatic carbocycles. The summed E-state index contributed by atoms with van der Waals surface area (Å²) in [6, 6.07) is 16.6. The summed E-state index contributed by atoms with van der Waals surface area (Å²) in [7, 11) is 7.20. The third-order valence-electron chi connectivity index (χ3n) is 2.39. The van der Waals surface area contributed by atoms with Gasteiger partial charge in [0.05, 0.1) is 14.6 Å². The molecule has 1 heterocycles. The van der Waals surface area contributed by atoms with Crippen molar-refractivity contribution in [3.63, 3.8) is 0 Å². The third-order valence-corrected chi connectivity index (χ3v) is 5.35. The van der Waals surface area contributed by atoms with E-state index in [2.05, 4.69) is 34.7 Å². The number of benzene rings is 2. The van der Waals surface area contributed by atoms with E-state index in [1.54, 1.807) is 10.8 Å². The van der Waals surface area contributed by atoms with Crippen molar-refractivity contribution in [3.05, 3.63) is 48.5 Å². The summed E-state index contributed by atoms with van der Waals surface area (Å²) in [6.45, 7) is 0. The van der Waals surface area contributed by atoms with Gasteiger partial charge in [-0.05, 0) is 44.7 Å². The van der Waals surface area contributed by atoms with Gasteiger partial charge in [0.15, 0.2) is 0 Å². The number of nitrogens with zero attached hydrogens (tertiary/aromatic N) is 1. The Labute approximate surface area is 105 Å². The standard InChI is InChI=1S/C12H8ClNS2/c13-16-14-11-8-10(6-7-12(11)15-16)9-4-2-1-3-5-9/h1-8H. The number of hydrogen-bond acceptors (Lipinski definition) is 2. The molecule has 0 bridgehead atoms. The predicted octanol–water partition coefficient (Wildman–Crippen LogP) is 4.96. The molecular weight excluding hydrogens is 258 g/mol. The van der Waals surface area contributed by atoms with Crippen molar-refractivity contribution in [2.24, 2.45) is 4.36 Å². The van der Waals surface area contributed by atoms with Gasteiger partial charge in [0.25, 0.3) is 0 Å². The summed E-state index contributed by atoms with van der Waals surface area (Å²) in [6.07, 6.45) is 0. The van der Waals surface area contributed by atoms with Crippen molar-refractivity contribution < 1.29 is 0 Å². The Morgan fingerprint density at radius 3 is 2.62 bits per heavy atom. The second-order valence-electron chi connectivity index (χ2n) is 3.43. The molecule has 2 aromatic carbocycles. The number of rotatable bonds is 1. The van der Waals surface area contributed by atoms with E-state index in [1.165, 1.54) is 16.0 Å². The lowest BCUT2D eigenvalue weighted by atomic mass is 10.1. The lowest BCUT2D eigenvalue weighted by Crippen LogP contribution is -1.76. The minimum atomic E-state index is -0.420. The first-order chi connectivity index (χ1) is 7.83. The Kier molecular flexibility index (Phi) is 2.75. The monoisotopic (exact) mass is 265 g/mol. The van der Waals surface area contributed by atoms with E-state index in [1.807, 2.05) is 18.2 Å². The number of halogens is 1. The molecule has 1 aliphatic rings. The Morgan fingerprint density at radius 1 is 1.00 bits per heavy atom. The van der Waals surface area contributed by atoms with Crippen LogP contribution in [0.5, 0.6) is 0 Å². The quantitative estimate of drug-likeness (QED) is 0.664. The summed E-state index contributed by atoms with van der Waals surface area (Å²) < 4.78 is 4.39. The van der Waals surface area contributed by atoms with Crippen molar-refractivity contribution in [2.45, 2.75) is 4.90 Å². The molecular formula is C12H8ClNS2. The molecule has 0 saturated carbocycles. The first-order valence-electron chi connectivity index (χ1n) is 4.83. The van der Waals surface area contributed by atoms with Crippen molar-refractivity contribution in [1.82, 2.24) is 0 Å². The van der Waals surface area contributed by atoms with E-state index in [-0.39, 0.29) is 0 Å². The third kappa shape index (κ3) is 1.90. The Balaban J connectivity index is 2.08. The molecule has 2 aromatic rings. The van der Waals surface area contributed by atoms with Crippen molar-refractivity contribution >= 4 is 36.1 Å². The van der Waals surface area contributed by atoms with Gasteiger partial charge >= 0.3 is 0 Å². The second kappa shape index (κ2) is 4.24. The van der Waals surface area contributed by atoms with Crippen LogP contribution in [0.4, 0.5) is 5.69 Å². The molecule has 1 unspecified atom stereocenters. The molecule has 1 atom stereocenters. The lowest BCUT2D eigenvalue weighted by molar-refractivity contribution is 1.41. The smallest absolute Gasteiger partial charge is 0.0877 e. The molecule has 4 heteroatoms. The summed E-state index contributed by atoms with van der Waals surface area (Å²) in [4.78, 5) is 1.18. The fourth-order valence-electron chi connectivity index (χ4n) is 1.64. The molecule has 3 rings (SSSR count). The Bertz CT molecular complexity index is 566. The van der Waals surface area contributed by atoms with E-state index >= 15 is 0 Å². The molecule has 0 saturated heterocycles. The number of hydrogen-bond donors (Lipinski definition) is 0. The largest absolute Gasteiger partial charge is 0.200 e. The molecule has 0 N–H and O–H groups in total. The maximum atomic E-state index is 6.00. The summed E-state index contributed by atoms with van der Waals surface area (Å²) >= 11 is 0. The zero-order chi connectivity index (χ0) is 11.0. The zero-order valence-corrected chi connectivity index (χ0v) is 10.6. The molecule has 0 fully saturated rings. The molecule has 0 spiro atoms. The molecule has 0 aromatic heterocycles. The highest BCUT2D eigenvalue weighted by Crippen LogP contribution is 2.43. The van der Waals surface area contributed by atoms with Crippen LogP contribution in [0.1, 0.15) is 0 Å². The highest BCUT2D eigenvalue weighted by Gasteiger charge is 2.13. The fraction of sp³-hybridized carbons (Fsp3) is 0. The normalized spacial score (nSPS) is 17.9. The number of fused-ring (bicyclic) bond motifs is 1. The van der Waals surface area contributed by atoms with Crippen LogP contribution in [-0.2, 0) is 8.94 Å². The highest BCUT2D eigenvalue weighted by molar-refractivity contribution is 8.78. The van der Waals surface area contributed by atoms with Gasteiger partial charge in [-0.2, -0.15) is 0 Å². The van der Waals surface area contributed by atoms with E-state index in [0.29, 0.717) is 0 Å². The topological polar surface area (TPSA) is 12.4 Å². The van der Waals surface area contributed by atoms with Crippen LogP contribution in [0, 0.1) is 0 Å². The lowest BCUT2D eigenvalue weighted by Gasteiger charge is -2.02. The van der Waals surface area contributed by atoms with Crippen LogP contribution < -0.4 is 0 Å². The van der Waals surface area contributed by atoms with Gasteiger partial charge in [-0.1, -0.05) is 36.4 Å². The van der Waals surface area contributed by atoms with Crippen LogP contribution in [0.25, 0.3) is 11.1 Å². The minimum Gasteiger partial charge on any atom is -0.200 e. The maximum absolute atomic E-state index is 6.00. The highest BCUT2D eigenvalue weighted by atomic mass is 35.7. The van der Waals surface area contributed by atoms with E-state index in [0.717, 1.165) is 5.69 Å². The first-order valence-corrected chi connectivity index (χ1v) is 8.17. The van der Waals surface area contributed by atoms with Crippen LogP contribution in [0.2, 0.25) is 0 Å². The molecule has 16 heavy (non-hydrogen) atoms. The summed E-state index contributed by atoms with van der Waals surface area (Å²) in [5, 5.41) is 0. The second-order valence-corrected chi connectivity index (χ2v) is 7.50. The first kappa shape index (κ1) is 10.4. The summed E-state index contributed by atoms with van der Waals surface area (Å²) in [5.41, 5.74) is 3.43. The van der Waals surface area contributed by atoms with E-state index in [4.69, 9.17) is 10.7 Å². The van der Waals surface area contributed by atoms with Crippen LogP contribution in [0.15, 0.2) is 57.8 Å². The van der Waals surface area contributed by atoms with Gasteiger partial charge < -0.3 is 0 Å². The Morgan fingerprint density at radius 2 is 1.81 bits per heavy atom. The minimum absolute atomic E-state index is 0.420. The predicted molar refractivity (Wildman–Crippen MR) is 73.0 cm³/mol. The SMILES string of the molecule is ClS1=Nc2cc(-c3ccccc3)ccc2S1. The van der Waals surface area contributed by atoms with Gasteiger partial charge in [-0.15, -0.1) is 0 Å². The average molecular weight is 266 g/mol. The molecule has 0 radical (unpaired) electrons. The van der Waals surface area contributed by atoms with Gasteiger partial charge in [-0.25, -0.2) is 4.36 Å².